The third-order valence-corrected chi connectivity index (χ3v) is 2.99. The molecule has 0 aliphatic rings. The van der Waals surface area contributed by atoms with Crippen molar-refractivity contribution in [2.24, 2.45) is 5.92 Å². The maximum absolute atomic E-state index is 11.5. The van der Waals surface area contributed by atoms with Crippen LogP contribution in [0.25, 0.3) is 0 Å². The van der Waals surface area contributed by atoms with Crippen LogP contribution in [-0.4, -0.2) is 13.0 Å². The molecular formula is C14H21NO. The molecule has 1 unspecified atom stereocenters. The second-order valence-electron chi connectivity index (χ2n) is 4.64. The van der Waals surface area contributed by atoms with Crippen LogP contribution in [0.1, 0.15) is 37.3 Å². The summed E-state index contributed by atoms with van der Waals surface area (Å²) in [5, 5.41) is 2.69. The Labute approximate surface area is 98.1 Å². The van der Waals surface area contributed by atoms with E-state index in [4.69, 9.17) is 0 Å². The summed E-state index contributed by atoms with van der Waals surface area (Å²) in [6.07, 6.45) is 0.567. The van der Waals surface area contributed by atoms with Gasteiger partial charge in [-0.15, -0.1) is 0 Å². The number of hydrogen-bond donors (Lipinski definition) is 1. The molecule has 1 rings (SSSR count). The lowest BCUT2D eigenvalue weighted by Crippen LogP contribution is -2.22. The molecule has 88 valence electrons. The Morgan fingerprint density at radius 1 is 1.25 bits per heavy atom. The van der Waals surface area contributed by atoms with E-state index < -0.39 is 0 Å². The minimum absolute atomic E-state index is 0.110. The van der Waals surface area contributed by atoms with Gasteiger partial charge in [0.15, 0.2) is 0 Å². The van der Waals surface area contributed by atoms with Gasteiger partial charge >= 0.3 is 0 Å². The summed E-state index contributed by atoms with van der Waals surface area (Å²) >= 11 is 0. The molecule has 0 aromatic heterocycles. The molecule has 1 atom stereocenters. The van der Waals surface area contributed by atoms with Gasteiger partial charge in [-0.2, -0.15) is 0 Å². The Hall–Kier alpha value is -1.31. The molecule has 0 aliphatic carbocycles. The summed E-state index contributed by atoms with van der Waals surface area (Å²) in [4.78, 5) is 11.5. The summed E-state index contributed by atoms with van der Waals surface area (Å²) in [7, 11) is 1.69. The highest BCUT2D eigenvalue weighted by molar-refractivity contribution is 5.76. The van der Waals surface area contributed by atoms with Gasteiger partial charge in [-0.3, -0.25) is 4.79 Å². The molecule has 0 saturated heterocycles. The zero-order chi connectivity index (χ0) is 12.1. The second kappa shape index (κ2) is 5.69. The van der Waals surface area contributed by atoms with Crippen LogP contribution in [0.4, 0.5) is 0 Å². The van der Waals surface area contributed by atoms with Crippen LogP contribution in [0.2, 0.25) is 0 Å². The lowest BCUT2D eigenvalue weighted by molar-refractivity contribution is -0.121. The minimum atomic E-state index is 0.110. The van der Waals surface area contributed by atoms with Crippen molar-refractivity contribution in [2.75, 3.05) is 7.05 Å². The number of carbonyl (C=O) groups is 1. The molecule has 0 spiro atoms. The molecule has 16 heavy (non-hydrogen) atoms. The quantitative estimate of drug-likeness (QED) is 0.829. The van der Waals surface area contributed by atoms with Crippen molar-refractivity contribution < 1.29 is 4.79 Å². The van der Waals surface area contributed by atoms with E-state index in [2.05, 4.69) is 50.4 Å². The average Bonchev–Trinajstić information content (AvgIpc) is 2.26. The van der Waals surface area contributed by atoms with Crippen LogP contribution >= 0.6 is 0 Å². The van der Waals surface area contributed by atoms with Crippen LogP contribution in [-0.2, 0) is 4.79 Å². The summed E-state index contributed by atoms with van der Waals surface area (Å²) < 4.78 is 0. The third-order valence-electron chi connectivity index (χ3n) is 2.99. The Morgan fingerprint density at radius 2 is 1.81 bits per heavy atom. The highest BCUT2D eigenvalue weighted by Crippen LogP contribution is 2.27. The van der Waals surface area contributed by atoms with Gasteiger partial charge in [0.2, 0.25) is 5.91 Å². The van der Waals surface area contributed by atoms with Crippen molar-refractivity contribution in [3.63, 3.8) is 0 Å². The molecule has 0 fully saturated rings. The number of carbonyl (C=O) groups excluding carboxylic acids is 1. The first kappa shape index (κ1) is 12.8. The molecular weight excluding hydrogens is 198 g/mol. The van der Waals surface area contributed by atoms with Crippen LogP contribution in [0.15, 0.2) is 24.3 Å². The van der Waals surface area contributed by atoms with Crippen LogP contribution in [0, 0.1) is 12.8 Å². The standard InChI is InChI=1S/C14H21NO/c1-10(2)13(9-14(16)15-4)12-7-5-11(3)6-8-12/h5-8,10,13H,9H2,1-4H3,(H,15,16). The van der Waals surface area contributed by atoms with Gasteiger partial charge in [-0.05, 0) is 24.3 Å². The average molecular weight is 219 g/mol. The minimum Gasteiger partial charge on any atom is -0.359 e. The molecule has 1 aromatic rings. The molecule has 0 aliphatic heterocycles. The fourth-order valence-corrected chi connectivity index (χ4v) is 1.85. The number of nitrogens with one attached hydrogen (secondary N) is 1. The van der Waals surface area contributed by atoms with Crippen molar-refractivity contribution in [1.82, 2.24) is 5.32 Å². The fraction of sp³-hybridized carbons (Fsp3) is 0.500. The summed E-state index contributed by atoms with van der Waals surface area (Å²) in [5.74, 6) is 0.889. The number of benzene rings is 1. The SMILES string of the molecule is CNC(=O)CC(c1ccc(C)cc1)C(C)C. The van der Waals surface area contributed by atoms with E-state index in [1.165, 1.54) is 11.1 Å². The van der Waals surface area contributed by atoms with Gasteiger partial charge in [0, 0.05) is 13.5 Å². The molecule has 1 aromatic carbocycles. The maximum Gasteiger partial charge on any atom is 0.220 e. The monoisotopic (exact) mass is 219 g/mol. The number of rotatable bonds is 4. The van der Waals surface area contributed by atoms with Gasteiger partial charge in [-0.1, -0.05) is 43.7 Å². The van der Waals surface area contributed by atoms with Crippen LogP contribution < -0.4 is 5.32 Å². The first-order chi connectivity index (χ1) is 7.54. The van der Waals surface area contributed by atoms with Crippen molar-refractivity contribution in [1.29, 1.82) is 0 Å². The van der Waals surface area contributed by atoms with Crippen LogP contribution in [0.5, 0.6) is 0 Å². The Morgan fingerprint density at radius 3 is 2.25 bits per heavy atom. The Bertz CT molecular complexity index is 340. The van der Waals surface area contributed by atoms with E-state index in [-0.39, 0.29) is 5.91 Å². The summed E-state index contributed by atoms with van der Waals surface area (Å²) in [6.45, 7) is 6.40. The molecule has 2 nitrogen and oxygen atoms in total. The highest BCUT2D eigenvalue weighted by Gasteiger charge is 2.18. The van der Waals surface area contributed by atoms with E-state index in [1.807, 2.05) is 0 Å². The smallest absolute Gasteiger partial charge is 0.220 e. The van der Waals surface area contributed by atoms with Crippen molar-refractivity contribution >= 4 is 5.91 Å². The summed E-state index contributed by atoms with van der Waals surface area (Å²) in [5.41, 5.74) is 2.51. The second-order valence-corrected chi connectivity index (χ2v) is 4.64. The van der Waals surface area contributed by atoms with E-state index >= 15 is 0 Å². The largest absolute Gasteiger partial charge is 0.359 e. The molecule has 1 N–H and O–H groups in total. The van der Waals surface area contributed by atoms with E-state index in [1.54, 1.807) is 7.05 Å². The van der Waals surface area contributed by atoms with Gasteiger partial charge in [0.05, 0.1) is 0 Å². The number of aryl methyl sites for hydroxylation is 1. The first-order valence-electron chi connectivity index (χ1n) is 5.81. The van der Waals surface area contributed by atoms with Crippen molar-refractivity contribution in [3.05, 3.63) is 35.4 Å². The predicted octanol–water partition coefficient (Wildman–Crippen LogP) is 2.87. The normalized spacial score (nSPS) is 12.6. The lowest BCUT2D eigenvalue weighted by Gasteiger charge is -2.20. The van der Waals surface area contributed by atoms with E-state index in [9.17, 15) is 4.79 Å². The lowest BCUT2D eigenvalue weighted by atomic mass is 9.85. The predicted molar refractivity (Wildman–Crippen MR) is 67.4 cm³/mol. The van der Waals surface area contributed by atoms with Crippen LogP contribution in [0.3, 0.4) is 0 Å². The number of amides is 1. The molecule has 1 amide bonds. The molecule has 0 bridgehead atoms. The molecule has 0 heterocycles. The molecule has 0 radical (unpaired) electrons. The first-order valence-corrected chi connectivity index (χ1v) is 5.81. The fourth-order valence-electron chi connectivity index (χ4n) is 1.85. The van der Waals surface area contributed by atoms with Gasteiger partial charge in [0.1, 0.15) is 0 Å². The van der Waals surface area contributed by atoms with Gasteiger partial charge < -0.3 is 5.32 Å². The Balaban J connectivity index is 2.85. The van der Waals surface area contributed by atoms with Crippen molar-refractivity contribution in [3.8, 4) is 0 Å². The van der Waals surface area contributed by atoms with Gasteiger partial charge in [0.25, 0.3) is 0 Å². The Kier molecular flexibility index (Phi) is 4.53. The number of hydrogen-bond acceptors (Lipinski definition) is 1. The zero-order valence-electron chi connectivity index (χ0n) is 10.6. The zero-order valence-corrected chi connectivity index (χ0v) is 10.6. The van der Waals surface area contributed by atoms with Gasteiger partial charge in [-0.25, -0.2) is 0 Å². The molecule has 0 saturated carbocycles. The summed E-state index contributed by atoms with van der Waals surface area (Å²) in [6, 6.07) is 8.47. The van der Waals surface area contributed by atoms with Crippen molar-refractivity contribution in [2.45, 2.75) is 33.1 Å². The topological polar surface area (TPSA) is 29.1 Å². The molecule has 2 heteroatoms. The van der Waals surface area contributed by atoms with E-state index in [0.717, 1.165) is 0 Å². The van der Waals surface area contributed by atoms with E-state index in [0.29, 0.717) is 18.3 Å². The highest BCUT2D eigenvalue weighted by atomic mass is 16.1. The third kappa shape index (κ3) is 3.37. The maximum atomic E-state index is 11.5.